The van der Waals surface area contributed by atoms with Crippen LogP contribution in [-0.4, -0.2) is 27.3 Å². The lowest BCUT2D eigenvalue weighted by molar-refractivity contribution is 0.429. The molecule has 2 atom stereocenters. The van der Waals surface area contributed by atoms with Gasteiger partial charge in [-0.1, -0.05) is 37.7 Å². The van der Waals surface area contributed by atoms with Gasteiger partial charge in [-0.2, -0.15) is 5.26 Å². The molecule has 0 radical (unpaired) electrons. The number of nitrogens with zero attached hydrogens (tertiary/aromatic N) is 2. The van der Waals surface area contributed by atoms with Crippen molar-refractivity contribution in [3.8, 4) is 6.07 Å². The Bertz CT molecular complexity index is 583. The lowest BCUT2D eigenvalue weighted by Crippen LogP contribution is -2.42. The zero-order valence-corrected chi connectivity index (χ0v) is 12.9. The fourth-order valence-corrected chi connectivity index (χ4v) is 3.46. The number of H-pyrrole nitrogens is 1. The molecule has 0 spiro atoms. The summed E-state index contributed by atoms with van der Waals surface area (Å²) in [6.45, 7) is 6.90. The maximum Gasteiger partial charge on any atom is 0.166 e. The van der Waals surface area contributed by atoms with Gasteiger partial charge in [0.1, 0.15) is 5.54 Å². The number of aromatic amines is 1. The zero-order chi connectivity index (χ0) is 14.6. The van der Waals surface area contributed by atoms with Crippen LogP contribution in [0, 0.1) is 11.3 Å². The first-order chi connectivity index (χ1) is 9.56. The molecule has 20 heavy (non-hydrogen) atoms. The molecule has 106 valence electrons. The molecule has 0 aliphatic rings. The molecule has 2 unspecified atom stereocenters. The van der Waals surface area contributed by atoms with Gasteiger partial charge in [0.15, 0.2) is 5.16 Å². The molecule has 0 aliphatic carbocycles. The van der Waals surface area contributed by atoms with E-state index in [0.717, 1.165) is 29.2 Å². The van der Waals surface area contributed by atoms with E-state index in [0.29, 0.717) is 5.25 Å². The summed E-state index contributed by atoms with van der Waals surface area (Å²) >= 11 is 1.68. The number of thioether (sulfide) groups is 1. The predicted molar refractivity (Wildman–Crippen MR) is 83.7 cm³/mol. The van der Waals surface area contributed by atoms with Crippen molar-refractivity contribution >= 4 is 22.8 Å². The Morgan fingerprint density at radius 1 is 1.50 bits per heavy atom. The van der Waals surface area contributed by atoms with Crippen LogP contribution in [0.15, 0.2) is 29.4 Å². The van der Waals surface area contributed by atoms with Gasteiger partial charge in [0.25, 0.3) is 0 Å². The summed E-state index contributed by atoms with van der Waals surface area (Å²) in [5, 5.41) is 13.8. The van der Waals surface area contributed by atoms with Crippen molar-refractivity contribution in [2.45, 2.75) is 43.1 Å². The first kappa shape index (κ1) is 14.9. The van der Waals surface area contributed by atoms with Crippen molar-refractivity contribution in [1.29, 1.82) is 5.26 Å². The van der Waals surface area contributed by atoms with Gasteiger partial charge in [-0.25, -0.2) is 4.98 Å². The summed E-state index contributed by atoms with van der Waals surface area (Å²) in [5.74, 6) is 0. The van der Waals surface area contributed by atoms with Gasteiger partial charge in [0.2, 0.25) is 0 Å². The second-order valence-corrected chi connectivity index (χ2v) is 6.59. The molecule has 1 aromatic heterocycles. The fourth-order valence-electron chi connectivity index (χ4n) is 2.34. The van der Waals surface area contributed by atoms with Crippen molar-refractivity contribution in [1.82, 2.24) is 15.3 Å². The van der Waals surface area contributed by atoms with Crippen molar-refractivity contribution in [2.75, 3.05) is 6.54 Å². The van der Waals surface area contributed by atoms with Gasteiger partial charge in [0.05, 0.1) is 17.1 Å². The van der Waals surface area contributed by atoms with Crippen molar-refractivity contribution in [2.24, 2.45) is 0 Å². The number of hydrogen-bond donors (Lipinski definition) is 2. The summed E-state index contributed by atoms with van der Waals surface area (Å²) in [7, 11) is 0. The molecule has 2 N–H and O–H groups in total. The van der Waals surface area contributed by atoms with Gasteiger partial charge < -0.3 is 4.98 Å². The molecule has 0 amide bonds. The van der Waals surface area contributed by atoms with Crippen LogP contribution < -0.4 is 5.32 Å². The second-order valence-electron chi connectivity index (χ2n) is 5.17. The van der Waals surface area contributed by atoms with Gasteiger partial charge in [0, 0.05) is 5.25 Å². The minimum Gasteiger partial charge on any atom is -0.333 e. The van der Waals surface area contributed by atoms with Gasteiger partial charge >= 0.3 is 0 Å². The van der Waals surface area contributed by atoms with Gasteiger partial charge in [-0.05, 0) is 32.0 Å². The average molecular weight is 288 g/mol. The summed E-state index contributed by atoms with van der Waals surface area (Å²) in [4.78, 5) is 7.87. The van der Waals surface area contributed by atoms with E-state index in [1.165, 1.54) is 0 Å². The van der Waals surface area contributed by atoms with Crippen LogP contribution in [0.2, 0.25) is 0 Å². The Morgan fingerprint density at radius 2 is 2.25 bits per heavy atom. The topological polar surface area (TPSA) is 64.5 Å². The number of imidazole rings is 1. The fraction of sp³-hybridized carbons (Fsp3) is 0.467. The van der Waals surface area contributed by atoms with E-state index in [1.54, 1.807) is 11.8 Å². The molecule has 0 bridgehead atoms. The number of aromatic nitrogens is 2. The molecule has 2 rings (SSSR count). The number of fused-ring (bicyclic) bond motifs is 1. The van der Waals surface area contributed by atoms with Gasteiger partial charge in [-0.15, -0.1) is 0 Å². The third-order valence-corrected chi connectivity index (χ3v) is 4.18. The highest BCUT2D eigenvalue weighted by molar-refractivity contribution is 7.99. The summed E-state index contributed by atoms with van der Waals surface area (Å²) in [6, 6.07) is 10.4. The van der Waals surface area contributed by atoms with Crippen LogP contribution in [-0.2, 0) is 0 Å². The predicted octanol–water partition coefficient (Wildman–Crippen LogP) is 3.33. The molecule has 0 saturated heterocycles. The molecule has 5 heteroatoms. The van der Waals surface area contributed by atoms with Crippen LogP contribution >= 0.6 is 11.8 Å². The Labute approximate surface area is 124 Å². The van der Waals surface area contributed by atoms with E-state index in [-0.39, 0.29) is 0 Å². The largest absolute Gasteiger partial charge is 0.333 e. The van der Waals surface area contributed by atoms with E-state index in [4.69, 9.17) is 0 Å². The quantitative estimate of drug-likeness (QED) is 0.800. The van der Waals surface area contributed by atoms with E-state index in [9.17, 15) is 5.26 Å². The molecule has 4 nitrogen and oxygen atoms in total. The van der Waals surface area contributed by atoms with Crippen molar-refractivity contribution < 1.29 is 0 Å². The number of nitrogens with one attached hydrogen (secondary N) is 2. The maximum atomic E-state index is 9.30. The van der Waals surface area contributed by atoms with E-state index in [2.05, 4.69) is 28.3 Å². The second kappa shape index (κ2) is 6.29. The molecule has 1 heterocycles. The molecule has 0 fully saturated rings. The number of hydrogen-bond acceptors (Lipinski definition) is 4. The summed E-state index contributed by atoms with van der Waals surface area (Å²) < 4.78 is 0. The standard InChI is InChI=1S/C15H20N4S/c1-4-17-15(3,10-16)9-11(2)20-14-18-12-7-5-6-8-13(12)19-14/h5-8,11,17H,4,9H2,1-3H3,(H,18,19). The Kier molecular flexibility index (Phi) is 4.69. The smallest absolute Gasteiger partial charge is 0.166 e. The lowest BCUT2D eigenvalue weighted by Gasteiger charge is -2.25. The Hall–Kier alpha value is -1.51. The van der Waals surface area contributed by atoms with E-state index >= 15 is 0 Å². The SMILES string of the molecule is CCNC(C)(C#N)CC(C)Sc1nc2ccccc2[nH]1. The highest BCUT2D eigenvalue weighted by Gasteiger charge is 2.26. The zero-order valence-electron chi connectivity index (χ0n) is 12.1. The molecular weight excluding hydrogens is 268 g/mol. The third-order valence-electron chi connectivity index (χ3n) is 3.19. The van der Waals surface area contributed by atoms with E-state index in [1.807, 2.05) is 38.1 Å². The van der Waals surface area contributed by atoms with Crippen LogP contribution in [0.5, 0.6) is 0 Å². The minimum absolute atomic E-state index is 0.305. The Morgan fingerprint density at radius 3 is 2.90 bits per heavy atom. The van der Waals surface area contributed by atoms with Crippen LogP contribution in [0.25, 0.3) is 11.0 Å². The van der Waals surface area contributed by atoms with Gasteiger partial charge in [-0.3, -0.25) is 5.32 Å². The molecular formula is C15H20N4S. The number of benzene rings is 1. The van der Waals surface area contributed by atoms with Crippen LogP contribution in [0.3, 0.4) is 0 Å². The summed E-state index contributed by atoms with van der Waals surface area (Å²) in [5.41, 5.74) is 1.56. The molecule has 0 aliphatic heterocycles. The average Bonchev–Trinajstić information content (AvgIpc) is 2.80. The number of para-hydroxylation sites is 2. The Balaban J connectivity index is 2.04. The third kappa shape index (κ3) is 3.53. The van der Waals surface area contributed by atoms with Crippen LogP contribution in [0.4, 0.5) is 0 Å². The van der Waals surface area contributed by atoms with Crippen molar-refractivity contribution in [3.63, 3.8) is 0 Å². The van der Waals surface area contributed by atoms with Crippen LogP contribution in [0.1, 0.15) is 27.2 Å². The monoisotopic (exact) mass is 288 g/mol. The first-order valence-electron chi connectivity index (χ1n) is 6.84. The maximum absolute atomic E-state index is 9.30. The minimum atomic E-state index is -0.479. The highest BCUT2D eigenvalue weighted by atomic mass is 32.2. The number of nitriles is 1. The van der Waals surface area contributed by atoms with E-state index < -0.39 is 5.54 Å². The molecule has 1 aromatic carbocycles. The first-order valence-corrected chi connectivity index (χ1v) is 7.72. The molecule has 0 saturated carbocycles. The highest BCUT2D eigenvalue weighted by Crippen LogP contribution is 2.28. The van der Waals surface area contributed by atoms with Crippen molar-refractivity contribution in [3.05, 3.63) is 24.3 Å². The molecule has 2 aromatic rings. The number of rotatable bonds is 6. The normalized spacial score (nSPS) is 15.7. The summed E-state index contributed by atoms with van der Waals surface area (Å²) in [6.07, 6.45) is 0.777. The lowest BCUT2D eigenvalue weighted by atomic mass is 9.98.